The van der Waals surface area contributed by atoms with E-state index in [9.17, 15) is 15.2 Å². The zero-order chi connectivity index (χ0) is 26.4. The number of unbranched alkanes of at least 4 members (excludes halogenated alkanes) is 1. The molecule has 2 aromatic heterocycles. The van der Waals surface area contributed by atoms with E-state index < -0.39 is 5.56 Å². The van der Waals surface area contributed by atoms with Crippen LogP contribution in [-0.2, 0) is 12.8 Å². The summed E-state index contributed by atoms with van der Waals surface area (Å²) in [4.78, 5) is 21.7. The van der Waals surface area contributed by atoms with Gasteiger partial charge in [-0.3, -0.25) is 14.3 Å². The molecular weight excluding hydrogens is 460 g/mol. The molecule has 6 nitrogen and oxygen atoms in total. The predicted octanol–water partition coefficient (Wildman–Crippen LogP) is 6.12. The van der Waals surface area contributed by atoms with E-state index in [2.05, 4.69) is 23.0 Å². The van der Waals surface area contributed by atoms with Crippen LogP contribution in [0, 0.1) is 18.3 Å². The zero-order valence-corrected chi connectivity index (χ0v) is 21.6. The van der Waals surface area contributed by atoms with Gasteiger partial charge in [-0.2, -0.15) is 10.2 Å². The lowest BCUT2D eigenvalue weighted by Crippen LogP contribution is -2.25. The standard InChI is InChI=1S/C31H32N4O2/c1-4-6-10-29-34-30(36)27(18-22-11-13-24(14-12-22)26-15-16-33-20-21(26)3)31(37)35(29)28(5-2)25-9-7-8-23(17-25)19-32/h7-9,11-17,20,28,37H,4-6,10,18H2,1-3H3. The number of aromatic nitrogens is 3. The van der Waals surface area contributed by atoms with E-state index >= 15 is 0 Å². The highest BCUT2D eigenvalue weighted by molar-refractivity contribution is 5.66. The van der Waals surface area contributed by atoms with Gasteiger partial charge in [0.1, 0.15) is 5.82 Å². The fraction of sp³-hybridized carbons (Fsp3) is 0.290. The van der Waals surface area contributed by atoms with Crippen LogP contribution in [0.25, 0.3) is 11.1 Å². The van der Waals surface area contributed by atoms with E-state index in [0.717, 1.165) is 40.7 Å². The van der Waals surface area contributed by atoms with Crippen molar-refractivity contribution in [3.63, 3.8) is 0 Å². The molecule has 0 aliphatic carbocycles. The van der Waals surface area contributed by atoms with Crippen LogP contribution in [0.15, 0.2) is 71.8 Å². The molecule has 0 bridgehead atoms. The second kappa shape index (κ2) is 11.7. The average molecular weight is 493 g/mol. The summed E-state index contributed by atoms with van der Waals surface area (Å²) >= 11 is 0. The summed E-state index contributed by atoms with van der Waals surface area (Å²) < 4.78 is 1.80. The van der Waals surface area contributed by atoms with Crippen molar-refractivity contribution in [2.24, 2.45) is 0 Å². The van der Waals surface area contributed by atoms with E-state index in [4.69, 9.17) is 0 Å². The Balaban J connectivity index is 1.76. The summed E-state index contributed by atoms with van der Waals surface area (Å²) in [6, 6.07) is 19.4. The number of hydrogen-bond acceptors (Lipinski definition) is 5. The molecule has 1 atom stereocenters. The molecule has 0 fully saturated rings. The normalized spacial score (nSPS) is 11.7. The third kappa shape index (κ3) is 5.62. The molecule has 6 heteroatoms. The minimum absolute atomic E-state index is 0.0469. The monoisotopic (exact) mass is 492 g/mol. The third-order valence-corrected chi connectivity index (χ3v) is 6.78. The summed E-state index contributed by atoms with van der Waals surface area (Å²) in [6.45, 7) is 6.14. The number of pyridine rings is 1. The maximum Gasteiger partial charge on any atom is 0.280 e. The fourth-order valence-electron chi connectivity index (χ4n) is 4.78. The minimum Gasteiger partial charge on any atom is -0.494 e. The molecule has 37 heavy (non-hydrogen) atoms. The number of aryl methyl sites for hydroxylation is 2. The summed E-state index contributed by atoms with van der Waals surface area (Å²) in [6.07, 6.45) is 6.96. The topological polar surface area (TPSA) is 91.8 Å². The Labute approximate surface area is 217 Å². The quantitative estimate of drug-likeness (QED) is 0.304. The van der Waals surface area contributed by atoms with E-state index in [1.54, 1.807) is 16.8 Å². The molecule has 4 aromatic rings. The van der Waals surface area contributed by atoms with E-state index in [1.165, 1.54) is 0 Å². The van der Waals surface area contributed by atoms with Gasteiger partial charge in [0.05, 0.1) is 23.2 Å². The number of aromatic hydroxyl groups is 1. The Morgan fingerprint density at radius 3 is 2.57 bits per heavy atom. The Bertz CT molecular complexity index is 1480. The molecule has 0 saturated carbocycles. The first-order valence-electron chi connectivity index (χ1n) is 12.8. The van der Waals surface area contributed by atoms with Crippen molar-refractivity contribution in [1.82, 2.24) is 14.5 Å². The molecule has 188 valence electrons. The van der Waals surface area contributed by atoms with Crippen LogP contribution in [0.3, 0.4) is 0 Å². The predicted molar refractivity (Wildman–Crippen MR) is 146 cm³/mol. The van der Waals surface area contributed by atoms with Gasteiger partial charge in [0.15, 0.2) is 0 Å². The summed E-state index contributed by atoms with van der Waals surface area (Å²) in [5.41, 5.74) is 5.54. The summed E-state index contributed by atoms with van der Waals surface area (Å²) in [5, 5.41) is 20.9. The fourth-order valence-corrected chi connectivity index (χ4v) is 4.78. The zero-order valence-electron chi connectivity index (χ0n) is 21.6. The molecule has 1 N–H and O–H groups in total. The molecule has 1 unspecified atom stereocenters. The van der Waals surface area contributed by atoms with Crippen LogP contribution in [-0.4, -0.2) is 19.6 Å². The lowest BCUT2D eigenvalue weighted by molar-refractivity contribution is 0.368. The van der Waals surface area contributed by atoms with Crippen LogP contribution in [0.1, 0.15) is 72.8 Å². The van der Waals surface area contributed by atoms with Crippen molar-refractivity contribution in [3.05, 3.63) is 111 Å². The van der Waals surface area contributed by atoms with E-state index in [-0.39, 0.29) is 23.9 Å². The number of hydrogen-bond donors (Lipinski definition) is 1. The molecule has 0 radical (unpaired) electrons. The molecule has 0 amide bonds. The van der Waals surface area contributed by atoms with Crippen LogP contribution in [0.4, 0.5) is 0 Å². The minimum atomic E-state index is -0.394. The number of nitriles is 1. The summed E-state index contributed by atoms with van der Waals surface area (Å²) in [7, 11) is 0. The van der Waals surface area contributed by atoms with E-state index in [1.807, 2.05) is 68.6 Å². The maximum absolute atomic E-state index is 13.1. The molecular formula is C31H32N4O2. The molecule has 4 rings (SSSR count). The Morgan fingerprint density at radius 1 is 1.11 bits per heavy atom. The molecule has 0 spiro atoms. The maximum atomic E-state index is 13.1. The first-order valence-corrected chi connectivity index (χ1v) is 12.8. The highest BCUT2D eigenvalue weighted by Gasteiger charge is 2.23. The molecule has 2 heterocycles. The largest absolute Gasteiger partial charge is 0.494 e. The average Bonchev–Trinajstić information content (AvgIpc) is 2.92. The van der Waals surface area contributed by atoms with Gasteiger partial charge in [0.2, 0.25) is 5.88 Å². The molecule has 0 aliphatic heterocycles. The molecule has 0 aliphatic rings. The van der Waals surface area contributed by atoms with Crippen molar-refractivity contribution in [1.29, 1.82) is 5.26 Å². The van der Waals surface area contributed by atoms with Gasteiger partial charge in [-0.05, 0) is 65.8 Å². The number of rotatable bonds is 9. The van der Waals surface area contributed by atoms with Crippen LogP contribution in [0.2, 0.25) is 0 Å². The number of nitrogens with zero attached hydrogens (tertiary/aromatic N) is 4. The lowest BCUT2D eigenvalue weighted by Gasteiger charge is -2.25. The van der Waals surface area contributed by atoms with Gasteiger partial charge in [0.25, 0.3) is 5.56 Å². The van der Waals surface area contributed by atoms with Crippen molar-refractivity contribution >= 4 is 0 Å². The van der Waals surface area contributed by atoms with Crippen LogP contribution < -0.4 is 5.56 Å². The molecule has 0 saturated heterocycles. The second-order valence-electron chi connectivity index (χ2n) is 9.33. The van der Waals surface area contributed by atoms with Crippen molar-refractivity contribution < 1.29 is 5.11 Å². The van der Waals surface area contributed by atoms with Crippen molar-refractivity contribution in [2.75, 3.05) is 0 Å². The first-order chi connectivity index (χ1) is 18.0. The number of benzene rings is 2. The van der Waals surface area contributed by atoms with Crippen molar-refractivity contribution in [3.8, 4) is 23.1 Å². The summed E-state index contributed by atoms with van der Waals surface area (Å²) in [5.74, 6) is 0.528. The Kier molecular flexibility index (Phi) is 8.15. The lowest BCUT2D eigenvalue weighted by atomic mass is 9.98. The third-order valence-electron chi connectivity index (χ3n) is 6.78. The van der Waals surface area contributed by atoms with E-state index in [0.29, 0.717) is 24.2 Å². The highest BCUT2D eigenvalue weighted by atomic mass is 16.3. The van der Waals surface area contributed by atoms with Crippen LogP contribution >= 0.6 is 0 Å². The van der Waals surface area contributed by atoms with Gasteiger partial charge >= 0.3 is 0 Å². The SMILES string of the molecule is CCCCc1nc(=O)c(Cc2ccc(-c3ccncc3C)cc2)c(O)n1C(CC)c1cccc(C#N)c1. The van der Waals surface area contributed by atoms with Crippen LogP contribution in [0.5, 0.6) is 5.88 Å². The Hall–Kier alpha value is -4.24. The van der Waals surface area contributed by atoms with Gasteiger partial charge < -0.3 is 5.11 Å². The smallest absolute Gasteiger partial charge is 0.280 e. The van der Waals surface area contributed by atoms with Gasteiger partial charge in [-0.25, -0.2) is 0 Å². The van der Waals surface area contributed by atoms with Gasteiger partial charge in [-0.15, -0.1) is 0 Å². The first kappa shape index (κ1) is 25.8. The highest BCUT2D eigenvalue weighted by Crippen LogP contribution is 2.31. The van der Waals surface area contributed by atoms with Gasteiger partial charge in [0, 0.05) is 25.2 Å². The van der Waals surface area contributed by atoms with Gasteiger partial charge in [-0.1, -0.05) is 56.7 Å². The second-order valence-corrected chi connectivity index (χ2v) is 9.33. The van der Waals surface area contributed by atoms with Crippen molar-refractivity contribution in [2.45, 2.75) is 58.9 Å². The molecule has 2 aromatic carbocycles. The Morgan fingerprint density at radius 2 is 1.89 bits per heavy atom.